The highest BCUT2D eigenvalue weighted by Gasteiger charge is 2.40. The van der Waals surface area contributed by atoms with Gasteiger partial charge in [0, 0.05) is 18.2 Å². The van der Waals surface area contributed by atoms with Crippen LogP contribution in [0.1, 0.15) is 17.8 Å². The Morgan fingerprint density at radius 1 is 1.56 bits per heavy atom. The minimum absolute atomic E-state index is 0.372. The Morgan fingerprint density at radius 2 is 2.31 bits per heavy atom. The Morgan fingerprint density at radius 3 is 3.00 bits per heavy atom. The number of halogens is 3. The van der Waals surface area contributed by atoms with Crippen LogP contribution in [-0.4, -0.2) is 28.1 Å². The molecule has 88 valence electrons. The summed E-state index contributed by atoms with van der Waals surface area (Å²) in [5.74, 6) is -1.87. The van der Waals surface area contributed by atoms with Crippen molar-refractivity contribution in [2.45, 2.75) is 31.5 Å². The van der Waals surface area contributed by atoms with Crippen LogP contribution in [0.2, 0.25) is 0 Å². The molecule has 1 amide bonds. The van der Waals surface area contributed by atoms with Crippen LogP contribution in [0.25, 0.3) is 0 Å². The Labute approximate surface area is 89.3 Å². The molecule has 1 aromatic heterocycles. The van der Waals surface area contributed by atoms with Crippen molar-refractivity contribution in [1.82, 2.24) is 15.3 Å². The van der Waals surface area contributed by atoms with Crippen LogP contribution in [-0.2, 0) is 17.6 Å². The fraction of sp³-hybridized carbons (Fsp3) is 0.556. The van der Waals surface area contributed by atoms with Crippen molar-refractivity contribution in [1.29, 1.82) is 0 Å². The first-order valence-corrected chi connectivity index (χ1v) is 4.85. The normalized spacial score (nSPS) is 20.3. The fourth-order valence-electron chi connectivity index (χ4n) is 1.79. The molecule has 0 fully saturated rings. The molecule has 2 N–H and O–H groups in total. The lowest BCUT2D eigenvalue weighted by molar-refractivity contribution is -0.174. The van der Waals surface area contributed by atoms with Crippen molar-refractivity contribution in [2.24, 2.45) is 0 Å². The van der Waals surface area contributed by atoms with Gasteiger partial charge in [-0.2, -0.15) is 13.2 Å². The maximum Gasteiger partial charge on any atom is 0.471 e. The van der Waals surface area contributed by atoms with Crippen LogP contribution in [0.4, 0.5) is 13.2 Å². The average Bonchev–Trinajstić information content (AvgIpc) is 2.63. The van der Waals surface area contributed by atoms with Crippen LogP contribution in [0, 0.1) is 0 Å². The number of alkyl halides is 3. The van der Waals surface area contributed by atoms with Gasteiger partial charge < -0.3 is 10.3 Å². The molecule has 0 spiro atoms. The summed E-state index contributed by atoms with van der Waals surface area (Å²) >= 11 is 0. The van der Waals surface area contributed by atoms with Gasteiger partial charge in [-0.3, -0.25) is 4.79 Å². The molecule has 1 aliphatic carbocycles. The van der Waals surface area contributed by atoms with Gasteiger partial charge in [-0.1, -0.05) is 0 Å². The molecule has 0 saturated carbocycles. The molecule has 7 heteroatoms. The van der Waals surface area contributed by atoms with E-state index >= 15 is 0 Å². The molecule has 1 atom stereocenters. The molecule has 2 rings (SSSR count). The predicted octanol–water partition coefficient (Wildman–Crippen LogP) is 0.945. The maximum absolute atomic E-state index is 12.0. The number of carbonyl (C=O) groups is 1. The quantitative estimate of drug-likeness (QED) is 0.758. The molecule has 0 radical (unpaired) electrons. The zero-order valence-electron chi connectivity index (χ0n) is 8.27. The first kappa shape index (κ1) is 11.0. The lowest BCUT2D eigenvalue weighted by atomic mass is 9.96. The summed E-state index contributed by atoms with van der Waals surface area (Å²) in [7, 11) is 0. The van der Waals surface area contributed by atoms with Gasteiger partial charge in [-0.15, -0.1) is 0 Å². The SMILES string of the molecule is O=C(NC1CCc2nc[nH]c2C1)C(F)(F)F. The molecule has 0 aliphatic heterocycles. The second kappa shape index (κ2) is 3.80. The Hall–Kier alpha value is -1.53. The van der Waals surface area contributed by atoms with Gasteiger partial charge in [0.1, 0.15) is 0 Å². The molecular weight excluding hydrogens is 223 g/mol. The van der Waals surface area contributed by atoms with Crippen molar-refractivity contribution < 1.29 is 18.0 Å². The van der Waals surface area contributed by atoms with E-state index in [2.05, 4.69) is 9.97 Å². The monoisotopic (exact) mass is 233 g/mol. The Bertz CT molecular complexity index is 399. The van der Waals surface area contributed by atoms with Crippen LogP contribution in [0.15, 0.2) is 6.33 Å². The lowest BCUT2D eigenvalue weighted by Gasteiger charge is -2.22. The molecular formula is C9H10F3N3O. The standard InChI is InChI=1S/C9H10F3N3O/c10-9(11,12)8(16)15-5-1-2-6-7(3-5)14-4-13-6/h4-5H,1-3H2,(H,13,14)(H,15,16). The van der Waals surface area contributed by atoms with Crippen molar-refractivity contribution in [3.05, 3.63) is 17.7 Å². The third-order valence-electron chi connectivity index (χ3n) is 2.58. The number of hydrogen-bond acceptors (Lipinski definition) is 2. The third kappa shape index (κ3) is 2.17. The first-order valence-electron chi connectivity index (χ1n) is 4.85. The second-order valence-electron chi connectivity index (χ2n) is 3.74. The molecule has 4 nitrogen and oxygen atoms in total. The number of rotatable bonds is 1. The molecule has 1 aliphatic rings. The van der Waals surface area contributed by atoms with E-state index in [1.54, 1.807) is 0 Å². The summed E-state index contributed by atoms with van der Waals surface area (Å²) in [5.41, 5.74) is 1.68. The molecule has 0 aromatic carbocycles. The molecule has 0 saturated heterocycles. The van der Waals surface area contributed by atoms with E-state index in [0.29, 0.717) is 19.3 Å². The Balaban J connectivity index is 1.97. The summed E-state index contributed by atoms with van der Waals surface area (Å²) in [6.45, 7) is 0. The van der Waals surface area contributed by atoms with E-state index < -0.39 is 18.1 Å². The zero-order valence-corrected chi connectivity index (χ0v) is 8.27. The van der Waals surface area contributed by atoms with Gasteiger partial charge >= 0.3 is 12.1 Å². The van der Waals surface area contributed by atoms with E-state index in [1.165, 1.54) is 6.33 Å². The van der Waals surface area contributed by atoms with E-state index in [9.17, 15) is 18.0 Å². The van der Waals surface area contributed by atoms with Crippen molar-refractivity contribution in [3.8, 4) is 0 Å². The zero-order chi connectivity index (χ0) is 11.8. The number of nitrogens with one attached hydrogen (secondary N) is 2. The highest BCUT2D eigenvalue weighted by Crippen LogP contribution is 2.20. The molecule has 1 heterocycles. The topological polar surface area (TPSA) is 57.8 Å². The summed E-state index contributed by atoms with van der Waals surface area (Å²) < 4.78 is 36.0. The summed E-state index contributed by atoms with van der Waals surface area (Å²) in [6.07, 6.45) is -1.86. The second-order valence-corrected chi connectivity index (χ2v) is 3.74. The van der Waals surface area contributed by atoms with E-state index in [4.69, 9.17) is 0 Å². The molecule has 16 heavy (non-hydrogen) atoms. The maximum atomic E-state index is 12.0. The minimum Gasteiger partial charge on any atom is -0.348 e. The lowest BCUT2D eigenvalue weighted by Crippen LogP contribution is -2.45. The largest absolute Gasteiger partial charge is 0.471 e. The number of aryl methyl sites for hydroxylation is 1. The number of nitrogens with zero attached hydrogens (tertiary/aromatic N) is 1. The molecule has 1 aromatic rings. The average molecular weight is 233 g/mol. The molecule has 1 unspecified atom stereocenters. The number of aromatic nitrogens is 2. The fourth-order valence-corrected chi connectivity index (χ4v) is 1.79. The van der Waals surface area contributed by atoms with E-state index in [1.807, 2.05) is 5.32 Å². The highest BCUT2D eigenvalue weighted by molar-refractivity contribution is 5.82. The Kier molecular flexibility index (Phi) is 2.61. The van der Waals surface area contributed by atoms with Crippen LogP contribution < -0.4 is 5.32 Å². The number of amides is 1. The van der Waals surface area contributed by atoms with Crippen LogP contribution in [0.5, 0.6) is 0 Å². The van der Waals surface area contributed by atoms with Crippen molar-refractivity contribution in [3.63, 3.8) is 0 Å². The molecule has 0 bridgehead atoms. The predicted molar refractivity (Wildman–Crippen MR) is 48.6 cm³/mol. The van der Waals surface area contributed by atoms with E-state index in [-0.39, 0.29) is 0 Å². The highest BCUT2D eigenvalue weighted by atomic mass is 19.4. The van der Waals surface area contributed by atoms with Gasteiger partial charge in [0.05, 0.1) is 12.0 Å². The van der Waals surface area contributed by atoms with Gasteiger partial charge in [-0.05, 0) is 12.8 Å². The first-order chi connectivity index (χ1) is 7.47. The smallest absolute Gasteiger partial charge is 0.348 e. The minimum atomic E-state index is -4.81. The van der Waals surface area contributed by atoms with E-state index in [0.717, 1.165) is 11.4 Å². The van der Waals surface area contributed by atoms with Crippen molar-refractivity contribution >= 4 is 5.91 Å². The van der Waals surface area contributed by atoms with Gasteiger partial charge in [0.25, 0.3) is 0 Å². The summed E-state index contributed by atoms with van der Waals surface area (Å²) in [4.78, 5) is 17.6. The van der Waals surface area contributed by atoms with Crippen LogP contribution >= 0.6 is 0 Å². The number of carbonyl (C=O) groups excluding carboxylic acids is 1. The number of H-pyrrole nitrogens is 1. The number of fused-ring (bicyclic) bond motifs is 1. The van der Waals surface area contributed by atoms with Gasteiger partial charge in [0.2, 0.25) is 0 Å². The summed E-state index contributed by atoms with van der Waals surface area (Å²) in [5, 5.41) is 1.98. The third-order valence-corrected chi connectivity index (χ3v) is 2.58. The number of imidazole rings is 1. The summed E-state index contributed by atoms with van der Waals surface area (Å²) in [6, 6.07) is -0.470. The van der Waals surface area contributed by atoms with Gasteiger partial charge in [0.15, 0.2) is 0 Å². The van der Waals surface area contributed by atoms with Crippen LogP contribution in [0.3, 0.4) is 0 Å². The van der Waals surface area contributed by atoms with Crippen molar-refractivity contribution in [2.75, 3.05) is 0 Å². The van der Waals surface area contributed by atoms with Gasteiger partial charge in [-0.25, -0.2) is 4.98 Å². The number of aromatic amines is 1. The number of hydrogen-bond donors (Lipinski definition) is 2.